The van der Waals surface area contributed by atoms with Gasteiger partial charge in [-0.25, -0.2) is 0 Å². The zero-order valence-electron chi connectivity index (χ0n) is 6.65. The van der Waals surface area contributed by atoms with Crippen LogP contribution < -0.4 is 11.1 Å². The van der Waals surface area contributed by atoms with Gasteiger partial charge in [0.25, 0.3) is 0 Å². The van der Waals surface area contributed by atoms with E-state index in [0.29, 0.717) is 6.54 Å². The van der Waals surface area contributed by atoms with E-state index in [0.717, 1.165) is 32.5 Å². The second kappa shape index (κ2) is 8.88. The minimum absolute atomic E-state index is 0.525. The third kappa shape index (κ3) is 7.88. The average molecular weight is 145 g/mol. The molecule has 0 saturated carbocycles. The summed E-state index contributed by atoms with van der Waals surface area (Å²) < 4.78 is 4.87. The van der Waals surface area contributed by atoms with Gasteiger partial charge in [0, 0.05) is 20.3 Å². The van der Waals surface area contributed by atoms with Crippen LogP contribution in [0.2, 0.25) is 0 Å². The van der Waals surface area contributed by atoms with Crippen LogP contribution in [0.5, 0.6) is 0 Å². The summed E-state index contributed by atoms with van der Waals surface area (Å²) in [5.41, 5.74) is 6.85. The first-order valence-electron chi connectivity index (χ1n) is 3.76. The smallest absolute Gasteiger partial charge is 0.0474 e. The molecule has 0 aliphatic heterocycles. The summed E-state index contributed by atoms with van der Waals surface area (Å²) in [5, 5.41) is 3.22. The molecular weight excluding hydrogens is 128 g/mol. The van der Waals surface area contributed by atoms with Crippen LogP contribution >= 0.6 is 0 Å². The van der Waals surface area contributed by atoms with Crippen LogP contribution in [0.1, 0.15) is 12.8 Å². The van der Waals surface area contributed by atoms with E-state index >= 15 is 0 Å². The lowest BCUT2D eigenvalue weighted by Crippen LogP contribution is -2.18. The predicted octanol–water partition coefficient (Wildman–Crippen LogP) is 0.286. The standard InChI is InChI=1S/C7H17N2O/c1-10-7-3-6-9-5-2-4-8/h8-9H,2-7H2,1H3. The van der Waals surface area contributed by atoms with Crippen LogP contribution in [-0.4, -0.2) is 33.4 Å². The SMILES string of the molecule is COCCCNCCC[NH]. The number of hydrogen-bond acceptors (Lipinski definition) is 2. The van der Waals surface area contributed by atoms with Crippen LogP contribution in [0.3, 0.4) is 0 Å². The molecule has 0 spiro atoms. The molecule has 0 rings (SSSR count). The third-order valence-electron chi connectivity index (χ3n) is 1.23. The van der Waals surface area contributed by atoms with E-state index in [1.54, 1.807) is 7.11 Å². The van der Waals surface area contributed by atoms with E-state index in [9.17, 15) is 0 Å². The van der Waals surface area contributed by atoms with Gasteiger partial charge in [0.15, 0.2) is 0 Å². The van der Waals surface area contributed by atoms with Gasteiger partial charge in [0.1, 0.15) is 0 Å². The number of rotatable bonds is 7. The van der Waals surface area contributed by atoms with Gasteiger partial charge in [-0.1, -0.05) is 0 Å². The third-order valence-corrected chi connectivity index (χ3v) is 1.23. The first-order chi connectivity index (χ1) is 4.91. The highest BCUT2D eigenvalue weighted by molar-refractivity contribution is 4.47. The summed E-state index contributed by atoms with van der Waals surface area (Å²) in [5.74, 6) is 0. The van der Waals surface area contributed by atoms with Crippen LogP contribution in [0.15, 0.2) is 0 Å². The normalized spacial score (nSPS) is 10.2. The molecule has 61 valence electrons. The van der Waals surface area contributed by atoms with E-state index in [1.165, 1.54) is 0 Å². The van der Waals surface area contributed by atoms with E-state index in [1.807, 2.05) is 0 Å². The highest BCUT2D eigenvalue weighted by Gasteiger charge is 1.85. The van der Waals surface area contributed by atoms with Crippen molar-refractivity contribution in [3.8, 4) is 0 Å². The number of ether oxygens (including phenoxy) is 1. The van der Waals surface area contributed by atoms with Crippen molar-refractivity contribution in [3.05, 3.63) is 0 Å². The zero-order valence-corrected chi connectivity index (χ0v) is 6.65. The van der Waals surface area contributed by atoms with Crippen molar-refractivity contribution < 1.29 is 4.74 Å². The summed E-state index contributed by atoms with van der Waals surface area (Å²) in [6.07, 6.45) is 2.02. The van der Waals surface area contributed by atoms with Gasteiger partial charge in [-0.2, -0.15) is 0 Å². The van der Waals surface area contributed by atoms with Crippen LogP contribution in [0.4, 0.5) is 0 Å². The second-order valence-electron chi connectivity index (χ2n) is 2.20. The van der Waals surface area contributed by atoms with Crippen molar-refractivity contribution in [2.24, 2.45) is 0 Å². The molecule has 3 heteroatoms. The van der Waals surface area contributed by atoms with Crippen LogP contribution in [0.25, 0.3) is 0 Å². The maximum absolute atomic E-state index is 6.85. The van der Waals surface area contributed by atoms with Gasteiger partial charge < -0.3 is 10.1 Å². The molecule has 0 unspecified atom stereocenters. The molecule has 10 heavy (non-hydrogen) atoms. The fraction of sp³-hybridized carbons (Fsp3) is 1.00. The molecular formula is C7H17N2O. The molecule has 0 atom stereocenters. The van der Waals surface area contributed by atoms with Crippen molar-refractivity contribution in [1.82, 2.24) is 11.1 Å². The molecule has 0 fully saturated rings. The Kier molecular flexibility index (Phi) is 8.77. The molecule has 0 bridgehead atoms. The first-order valence-corrected chi connectivity index (χ1v) is 3.76. The summed E-state index contributed by atoms with van der Waals surface area (Å²) in [6.45, 7) is 3.33. The van der Waals surface area contributed by atoms with Crippen molar-refractivity contribution in [2.45, 2.75) is 12.8 Å². The number of hydrogen-bond donors (Lipinski definition) is 1. The summed E-state index contributed by atoms with van der Waals surface area (Å²) in [7, 11) is 1.71. The molecule has 0 aliphatic carbocycles. The maximum Gasteiger partial charge on any atom is 0.0474 e. The Labute approximate surface area is 62.9 Å². The van der Waals surface area contributed by atoms with Gasteiger partial charge in [-0.3, -0.25) is 5.73 Å². The Morgan fingerprint density at radius 1 is 1.30 bits per heavy atom. The van der Waals surface area contributed by atoms with E-state index in [2.05, 4.69) is 5.32 Å². The minimum Gasteiger partial charge on any atom is -0.385 e. The van der Waals surface area contributed by atoms with Crippen molar-refractivity contribution in [3.63, 3.8) is 0 Å². The van der Waals surface area contributed by atoms with E-state index in [4.69, 9.17) is 10.5 Å². The van der Waals surface area contributed by atoms with Crippen molar-refractivity contribution in [2.75, 3.05) is 33.4 Å². The largest absolute Gasteiger partial charge is 0.385 e. The average Bonchev–Trinajstić information content (AvgIpc) is 1.97. The Bertz CT molecular complexity index is 51.6. The Morgan fingerprint density at radius 2 is 2.00 bits per heavy atom. The lowest BCUT2D eigenvalue weighted by atomic mass is 10.4. The zero-order chi connectivity index (χ0) is 7.66. The first kappa shape index (κ1) is 9.88. The molecule has 2 N–H and O–H groups in total. The highest BCUT2D eigenvalue weighted by Crippen LogP contribution is 1.77. The monoisotopic (exact) mass is 145 g/mol. The van der Waals surface area contributed by atoms with Gasteiger partial charge in [-0.05, 0) is 25.9 Å². The fourth-order valence-electron chi connectivity index (χ4n) is 0.680. The Balaban J connectivity index is 2.65. The highest BCUT2D eigenvalue weighted by atomic mass is 16.5. The topological polar surface area (TPSA) is 45.1 Å². The molecule has 0 saturated heterocycles. The lowest BCUT2D eigenvalue weighted by Gasteiger charge is -2.01. The maximum atomic E-state index is 6.85. The molecule has 0 aromatic rings. The van der Waals surface area contributed by atoms with E-state index in [-0.39, 0.29) is 0 Å². The molecule has 0 heterocycles. The molecule has 0 aromatic heterocycles. The summed E-state index contributed by atoms with van der Waals surface area (Å²) >= 11 is 0. The van der Waals surface area contributed by atoms with Crippen LogP contribution in [-0.2, 0) is 4.74 Å². The van der Waals surface area contributed by atoms with Gasteiger partial charge in [0.2, 0.25) is 0 Å². The number of nitrogens with one attached hydrogen (secondary N) is 2. The minimum atomic E-state index is 0.525. The molecule has 3 nitrogen and oxygen atoms in total. The lowest BCUT2D eigenvalue weighted by molar-refractivity contribution is 0.194. The van der Waals surface area contributed by atoms with Crippen molar-refractivity contribution in [1.29, 1.82) is 0 Å². The van der Waals surface area contributed by atoms with Gasteiger partial charge >= 0.3 is 0 Å². The van der Waals surface area contributed by atoms with Gasteiger partial charge in [-0.15, -0.1) is 0 Å². The Hall–Kier alpha value is -0.120. The summed E-state index contributed by atoms with van der Waals surface area (Å²) in [6, 6.07) is 0. The van der Waals surface area contributed by atoms with E-state index < -0.39 is 0 Å². The summed E-state index contributed by atoms with van der Waals surface area (Å²) in [4.78, 5) is 0. The fourth-order valence-corrected chi connectivity index (χ4v) is 0.680. The van der Waals surface area contributed by atoms with Crippen molar-refractivity contribution >= 4 is 0 Å². The quantitative estimate of drug-likeness (QED) is 0.523. The molecule has 0 aliphatic rings. The van der Waals surface area contributed by atoms with Gasteiger partial charge in [0.05, 0.1) is 0 Å². The molecule has 0 aromatic carbocycles. The molecule has 0 amide bonds. The molecule has 1 radical (unpaired) electrons. The van der Waals surface area contributed by atoms with Crippen LogP contribution in [0, 0.1) is 0 Å². The second-order valence-corrected chi connectivity index (χ2v) is 2.20. The Morgan fingerprint density at radius 3 is 2.60 bits per heavy atom. The number of methoxy groups -OCH3 is 1. The predicted molar refractivity (Wildman–Crippen MR) is 41.9 cm³/mol.